The number of nitrogens with one attached hydrogen (secondary N) is 1. The lowest BCUT2D eigenvalue weighted by Gasteiger charge is -2.39. The molecule has 0 fully saturated rings. The monoisotopic (exact) mass is 489 g/mol. The first-order valence-corrected chi connectivity index (χ1v) is 12.7. The van der Waals surface area contributed by atoms with Gasteiger partial charge in [0.2, 0.25) is 0 Å². The van der Waals surface area contributed by atoms with E-state index in [1.807, 2.05) is 31.4 Å². The van der Waals surface area contributed by atoms with Gasteiger partial charge < -0.3 is 14.5 Å². The Labute approximate surface area is 207 Å². The molecule has 3 aromatic rings. The Morgan fingerprint density at radius 1 is 1.20 bits per heavy atom. The first kappa shape index (κ1) is 23.3. The van der Waals surface area contributed by atoms with Crippen molar-refractivity contribution in [3.63, 3.8) is 0 Å². The maximum atomic E-state index is 13.6. The van der Waals surface area contributed by atoms with Gasteiger partial charge in [0, 0.05) is 45.7 Å². The lowest BCUT2D eigenvalue weighted by molar-refractivity contribution is -0.149. The molecule has 5 rings (SSSR count). The molecular weight excluding hydrogens is 462 g/mol. The molecule has 3 unspecified atom stereocenters. The molecule has 3 atom stereocenters. The summed E-state index contributed by atoms with van der Waals surface area (Å²) in [5.74, 6) is -2.14. The normalized spacial score (nSPS) is 22.3. The molecule has 0 spiro atoms. The fraction of sp³-hybridized carbons (Fsp3) is 0.321. The standard InChI is InChI=1S/C28H27NO5S/c1-15(2)13-34-28(32)24-16(3)29-20-11-17(23-9-6-10-35-23)12-21(30)26(20)25(24)19-14-33-22-8-5-4-7-18(22)27(19)31/h4-10,14-15,17,24-25,29H,3,11-13H2,1-2H3. The molecule has 1 aliphatic carbocycles. The molecule has 35 heavy (non-hydrogen) atoms. The van der Waals surface area contributed by atoms with Crippen molar-refractivity contribution in [1.29, 1.82) is 0 Å². The van der Waals surface area contributed by atoms with E-state index < -0.39 is 17.8 Å². The van der Waals surface area contributed by atoms with E-state index in [2.05, 4.69) is 11.9 Å². The highest BCUT2D eigenvalue weighted by atomic mass is 32.1. The van der Waals surface area contributed by atoms with Gasteiger partial charge in [0.15, 0.2) is 11.2 Å². The number of esters is 1. The molecule has 3 heterocycles. The molecule has 180 valence electrons. The third-order valence-corrected chi connectivity index (χ3v) is 7.67. The van der Waals surface area contributed by atoms with Crippen LogP contribution in [0.4, 0.5) is 0 Å². The average molecular weight is 490 g/mol. The van der Waals surface area contributed by atoms with Crippen LogP contribution in [0.2, 0.25) is 0 Å². The first-order valence-electron chi connectivity index (χ1n) is 11.8. The topological polar surface area (TPSA) is 85.6 Å². The van der Waals surface area contributed by atoms with E-state index >= 15 is 0 Å². The number of para-hydroxylation sites is 1. The highest BCUT2D eigenvalue weighted by molar-refractivity contribution is 7.10. The number of thiophene rings is 1. The number of fused-ring (bicyclic) bond motifs is 1. The second-order valence-corrected chi connectivity index (χ2v) is 10.6. The molecule has 1 aromatic carbocycles. The SMILES string of the molecule is C=C1NC2=C(C(=O)CC(c3cccs3)C2)C(c2coc3ccccc3c2=O)C1C(=O)OCC(C)C. The molecule has 1 N–H and O–H groups in total. The minimum absolute atomic E-state index is 0.0413. The van der Waals surface area contributed by atoms with E-state index in [9.17, 15) is 14.4 Å². The summed E-state index contributed by atoms with van der Waals surface area (Å²) in [6.07, 6.45) is 2.31. The number of hydrogen-bond donors (Lipinski definition) is 1. The third kappa shape index (κ3) is 4.25. The van der Waals surface area contributed by atoms with Gasteiger partial charge in [0.05, 0.1) is 18.3 Å². The van der Waals surface area contributed by atoms with Crippen molar-refractivity contribution in [2.75, 3.05) is 6.61 Å². The van der Waals surface area contributed by atoms with Gasteiger partial charge in [-0.05, 0) is 35.9 Å². The van der Waals surface area contributed by atoms with E-state index in [4.69, 9.17) is 9.15 Å². The van der Waals surface area contributed by atoms with Crippen LogP contribution in [0.3, 0.4) is 0 Å². The summed E-state index contributed by atoms with van der Waals surface area (Å²) in [6.45, 7) is 8.27. The van der Waals surface area contributed by atoms with Crippen LogP contribution >= 0.6 is 11.3 Å². The predicted molar refractivity (Wildman–Crippen MR) is 135 cm³/mol. The Bertz CT molecular complexity index is 1400. The zero-order valence-electron chi connectivity index (χ0n) is 19.7. The molecular formula is C28H27NO5S. The van der Waals surface area contributed by atoms with Crippen LogP contribution in [-0.2, 0) is 14.3 Å². The largest absolute Gasteiger partial charge is 0.465 e. The number of ether oxygens (including phenoxy) is 1. The van der Waals surface area contributed by atoms with Crippen LogP contribution in [0.15, 0.2) is 80.8 Å². The predicted octanol–water partition coefficient (Wildman–Crippen LogP) is 5.27. The summed E-state index contributed by atoms with van der Waals surface area (Å²) in [5, 5.41) is 5.66. The Morgan fingerprint density at radius 2 is 2.00 bits per heavy atom. The van der Waals surface area contributed by atoms with Crippen LogP contribution in [0.1, 0.15) is 49.0 Å². The number of ketones is 1. The van der Waals surface area contributed by atoms with Crippen molar-refractivity contribution < 1.29 is 18.7 Å². The van der Waals surface area contributed by atoms with E-state index in [0.717, 1.165) is 10.6 Å². The van der Waals surface area contributed by atoms with E-state index in [-0.39, 0.29) is 35.2 Å². The second-order valence-electron chi connectivity index (χ2n) is 9.58. The van der Waals surface area contributed by atoms with Crippen molar-refractivity contribution in [2.24, 2.45) is 11.8 Å². The third-order valence-electron chi connectivity index (χ3n) is 6.64. The number of allylic oxidation sites excluding steroid dienone is 2. The molecule has 2 aliphatic rings. The zero-order chi connectivity index (χ0) is 24.7. The molecule has 0 saturated heterocycles. The molecule has 7 heteroatoms. The number of carbonyl (C=O) groups excluding carboxylic acids is 2. The minimum atomic E-state index is -0.918. The van der Waals surface area contributed by atoms with Gasteiger partial charge in [-0.3, -0.25) is 14.4 Å². The van der Waals surface area contributed by atoms with E-state index in [1.54, 1.807) is 35.6 Å². The van der Waals surface area contributed by atoms with Crippen molar-refractivity contribution in [3.05, 3.63) is 92.3 Å². The van der Waals surface area contributed by atoms with E-state index in [1.165, 1.54) is 6.26 Å². The lowest BCUT2D eigenvalue weighted by atomic mass is 9.70. The molecule has 1 aliphatic heterocycles. The Morgan fingerprint density at radius 3 is 2.74 bits per heavy atom. The number of carbonyl (C=O) groups is 2. The summed E-state index contributed by atoms with van der Waals surface area (Å²) >= 11 is 1.62. The fourth-order valence-electron chi connectivity index (χ4n) is 5.03. The van der Waals surface area contributed by atoms with Gasteiger partial charge in [0.25, 0.3) is 0 Å². The summed E-state index contributed by atoms with van der Waals surface area (Å²) < 4.78 is 11.4. The summed E-state index contributed by atoms with van der Waals surface area (Å²) in [5.41, 5.74) is 2.07. The average Bonchev–Trinajstić information content (AvgIpc) is 3.37. The molecule has 0 saturated carbocycles. The van der Waals surface area contributed by atoms with Crippen molar-refractivity contribution >= 4 is 34.1 Å². The fourth-order valence-corrected chi connectivity index (χ4v) is 5.86. The summed E-state index contributed by atoms with van der Waals surface area (Å²) in [7, 11) is 0. The molecule has 0 radical (unpaired) electrons. The van der Waals surface area contributed by atoms with Crippen LogP contribution < -0.4 is 10.7 Å². The van der Waals surface area contributed by atoms with Gasteiger partial charge in [-0.25, -0.2) is 0 Å². The number of rotatable bonds is 5. The van der Waals surface area contributed by atoms with Crippen molar-refractivity contribution in [1.82, 2.24) is 5.32 Å². The smallest absolute Gasteiger partial charge is 0.315 e. The van der Waals surface area contributed by atoms with Gasteiger partial charge in [-0.2, -0.15) is 0 Å². The molecule has 0 amide bonds. The summed E-state index contributed by atoms with van der Waals surface area (Å²) in [6, 6.07) is 11.0. The highest BCUT2D eigenvalue weighted by Gasteiger charge is 2.46. The molecule has 0 bridgehead atoms. The second kappa shape index (κ2) is 9.30. The van der Waals surface area contributed by atoms with E-state index in [0.29, 0.717) is 35.1 Å². The highest BCUT2D eigenvalue weighted by Crippen LogP contribution is 2.47. The van der Waals surface area contributed by atoms with Gasteiger partial charge in [0.1, 0.15) is 11.5 Å². The minimum Gasteiger partial charge on any atom is -0.465 e. The molecule has 6 nitrogen and oxygen atoms in total. The number of hydrogen-bond acceptors (Lipinski definition) is 7. The lowest BCUT2D eigenvalue weighted by Crippen LogP contribution is -2.43. The van der Waals surface area contributed by atoms with Crippen LogP contribution in [0.25, 0.3) is 11.0 Å². The molecule has 2 aromatic heterocycles. The number of Topliss-reactive ketones (excluding diaryl/α,β-unsaturated/α-hetero) is 1. The number of benzene rings is 1. The zero-order valence-corrected chi connectivity index (χ0v) is 20.5. The quantitative estimate of drug-likeness (QED) is 0.492. The first-order chi connectivity index (χ1) is 16.8. The van der Waals surface area contributed by atoms with Crippen molar-refractivity contribution in [3.8, 4) is 0 Å². The Kier molecular flexibility index (Phi) is 6.19. The maximum Gasteiger partial charge on any atom is 0.315 e. The van der Waals surface area contributed by atoms with Crippen LogP contribution in [-0.4, -0.2) is 18.4 Å². The van der Waals surface area contributed by atoms with Gasteiger partial charge in [-0.1, -0.05) is 38.6 Å². The van der Waals surface area contributed by atoms with Gasteiger partial charge in [-0.15, -0.1) is 11.3 Å². The Balaban J connectivity index is 1.65. The summed E-state index contributed by atoms with van der Waals surface area (Å²) in [4.78, 5) is 41.7. The van der Waals surface area contributed by atoms with Gasteiger partial charge >= 0.3 is 5.97 Å². The van der Waals surface area contributed by atoms with Crippen molar-refractivity contribution in [2.45, 2.75) is 38.5 Å². The maximum absolute atomic E-state index is 13.6. The van der Waals surface area contributed by atoms with Crippen LogP contribution in [0, 0.1) is 11.8 Å². The van der Waals surface area contributed by atoms with Crippen LogP contribution in [0.5, 0.6) is 0 Å². The Hall–Kier alpha value is -3.45.